The summed E-state index contributed by atoms with van der Waals surface area (Å²) in [5, 5.41) is 9.43. The van der Waals surface area contributed by atoms with Gasteiger partial charge in [-0.2, -0.15) is 0 Å². The Morgan fingerprint density at radius 1 is 1.33 bits per heavy atom. The molecule has 1 saturated heterocycles. The predicted molar refractivity (Wildman–Crippen MR) is 65.3 cm³/mol. The number of hydrogen-bond donors (Lipinski definition) is 1. The molecule has 1 aliphatic heterocycles. The molecule has 0 bridgehead atoms. The third-order valence-electron chi connectivity index (χ3n) is 3.97. The van der Waals surface area contributed by atoms with Gasteiger partial charge in [0.05, 0.1) is 11.5 Å². The lowest BCUT2D eigenvalue weighted by atomic mass is 9.82. The molecule has 2 atom stereocenters. The van der Waals surface area contributed by atoms with Crippen LogP contribution in [-0.4, -0.2) is 40.3 Å². The highest BCUT2D eigenvalue weighted by atomic mass is 16.6. The molecule has 1 N–H and O–H groups in total. The molecule has 1 saturated carbocycles. The highest BCUT2D eigenvalue weighted by Gasteiger charge is 2.57. The van der Waals surface area contributed by atoms with Crippen molar-refractivity contribution in [1.29, 1.82) is 0 Å². The van der Waals surface area contributed by atoms with Gasteiger partial charge < -0.3 is 14.7 Å². The van der Waals surface area contributed by atoms with Crippen molar-refractivity contribution in [3.63, 3.8) is 0 Å². The molecule has 5 heteroatoms. The van der Waals surface area contributed by atoms with Crippen molar-refractivity contribution >= 4 is 12.1 Å². The Morgan fingerprint density at radius 3 is 2.56 bits per heavy atom. The first kappa shape index (κ1) is 13.2. The van der Waals surface area contributed by atoms with Crippen LogP contribution < -0.4 is 0 Å². The first-order chi connectivity index (χ1) is 8.26. The van der Waals surface area contributed by atoms with Crippen LogP contribution in [0.3, 0.4) is 0 Å². The summed E-state index contributed by atoms with van der Waals surface area (Å²) >= 11 is 0. The number of hydrogen-bond acceptors (Lipinski definition) is 3. The van der Waals surface area contributed by atoms with Crippen LogP contribution in [0.2, 0.25) is 0 Å². The molecule has 0 aromatic heterocycles. The second-order valence-electron chi connectivity index (χ2n) is 6.29. The Morgan fingerprint density at radius 2 is 2.00 bits per heavy atom. The number of ether oxygens (including phenoxy) is 1. The second-order valence-corrected chi connectivity index (χ2v) is 6.29. The minimum atomic E-state index is -0.768. The topological polar surface area (TPSA) is 66.8 Å². The minimum Gasteiger partial charge on any atom is -0.481 e. The summed E-state index contributed by atoms with van der Waals surface area (Å²) < 4.78 is 5.35. The summed E-state index contributed by atoms with van der Waals surface area (Å²) in [6.45, 7) is 5.95. The zero-order valence-corrected chi connectivity index (χ0v) is 11.2. The summed E-state index contributed by atoms with van der Waals surface area (Å²) in [7, 11) is 0. The van der Waals surface area contributed by atoms with Crippen LogP contribution in [0.15, 0.2) is 0 Å². The highest BCUT2D eigenvalue weighted by molar-refractivity contribution is 5.79. The molecule has 1 aliphatic carbocycles. The van der Waals surface area contributed by atoms with Gasteiger partial charge in [-0.25, -0.2) is 4.79 Å². The van der Waals surface area contributed by atoms with E-state index in [-0.39, 0.29) is 12.1 Å². The van der Waals surface area contributed by atoms with Crippen LogP contribution >= 0.6 is 0 Å². The van der Waals surface area contributed by atoms with E-state index in [1.807, 2.05) is 20.8 Å². The lowest BCUT2D eigenvalue weighted by molar-refractivity contribution is -0.149. The molecule has 0 unspecified atom stereocenters. The van der Waals surface area contributed by atoms with E-state index in [1.54, 1.807) is 4.90 Å². The molecule has 2 rings (SSSR count). The van der Waals surface area contributed by atoms with Gasteiger partial charge in [0.15, 0.2) is 0 Å². The molecule has 2 aliphatic rings. The van der Waals surface area contributed by atoms with Gasteiger partial charge in [0.1, 0.15) is 5.60 Å². The van der Waals surface area contributed by atoms with Crippen LogP contribution in [0.4, 0.5) is 4.79 Å². The maximum Gasteiger partial charge on any atom is 0.410 e. The van der Waals surface area contributed by atoms with Crippen LogP contribution in [0.25, 0.3) is 0 Å². The maximum absolute atomic E-state index is 12.1. The number of fused-ring (bicyclic) bond motifs is 1. The predicted octanol–water partition coefficient (Wildman–Crippen LogP) is 2.25. The Labute approximate surface area is 107 Å². The fourth-order valence-electron chi connectivity index (χ4n) is 3.17. The number of amides is 1. The number of rotatable bonds is 1. The molecule has 0 aromatic rings. The average molecular weight is 255 g/mol. The Bertz CT molecular complexity index is 374. The number of carboxylic acid groups (broad SMARTS) is 1. The van der Waals surface area contributed by atoms with Crippen LogP contribution in [-0.2, 0) is 9.53 Å². The normalized spacial score (nSPS) is 31.3. The van der Waals surface area contributed by atoms with Crippen molar-refractivity contribution in [3.05, 3.63) is 0 Å². The largest absolute Gasteiger partial charge is 0.481 e. The zero-order chi connectivity index (χ0) is 13.6. The second kappa shape index (κ2) is 4.14. The van der Waals surface area contributed by atoms with Crippen LogP contribution in [0.5, 0.6) is 0 Å². The van der Waals surface area contributed by atoms with Gasteiger partial charge in [0.2, 0.25) is 0 Å². The Hall–Kier alpha value is -1.26. The molecule has 0 aromatic carbocycles. The molecule has 1 amide bonds. The van der Waals surface area contributed by atoms with E-state index in [0.717, 1.165) is 12.8 Å². The van der Waals surface area contributed by atoms with Gasteiger partial charge >= 0.3 is 12.1 Å². The number of likely N-dealkylation sites (tertiary alicyclic amines) is 1. The number of nitrogens with zero attached hydrogens (tertiary/aromatic N) is 1. The molecule has 18 heavy (non-hydrogen) atoms. The van der Waals surface area contributed by atoms with E-state index in [0.29, 0.717) is 19.4 Å². The van der Waals surface area contributed by atoms with Crippen LogP contribution in [0.1, 0.15) is 46.5 Å². The molecular formula is C13H21NO4. The summed E-state index contributed by atoms with van der Waals surface area (Å²) in [4.78, 5) is 25.2. The Kier molecular flexibility index (Phi) is 3.03. The fraction of sp³-hybridized carbons (Fsp3) is 0.846. The molecule has 1 heterocycles. The monoisotopic (exact) mass is 255 g/mol. The van der Waals surface area contributed by atoms with Crippen molar-refractivity contribution < 1.29 is 19.4 Å². The number of carbonyl (C=O) groups excluding carboxylic acids is 1. The quantitative estimate of drug-likeness (QED) is 0.780. The van der Waals surface area contributed by atoms with Crippen molar-refractivity contribution in [2.24, 2.45) is 5.41 Å². The molecule has 0 spiro atoms. The van der Waals surface area contributed by atoms with Gasteiger partial charge in [-0.05, 0) is 40.0 Å². The fourth-order valence-corrected chi connectivity index (χ4v) is 3.17. The van der Waals surface area contributed by atoms with Gasteiger partial charge in [-0.1, -0.05) is 6.42 Å². The molecular weight excluding hydrogens is 234 g/mol. The van der Waals surface area contributed by atoms with Gasteiger partial charge in [-0.15, -0.1) is 0 Å². The van der Waals surface area contributed by atoms with E-state index >= 15 is 0 Å². The number of carboxylic acids is 1. The summed E-state index contributed by atoms with van der Waals surface area (Å²) in [6, 6.07) is -0.190. The standard InChI is InChI=1S/C13H21NO4/c1-12(2,3)18-11(17)14-8-7-13(10(15)16)6-4-5-9(13)14/h9H,4-8H2,1-3H3,(H,15,16)/t9-,13+/m1/s1. The van der Waals surface area contributed by atoms with Gasteiger partial charge in [0, 0.05) is 6.54 Å². The van der Waals surface area contributed by atoms with E-state index in [9.17, 15) is 14.7 Å². The number of aliphatic carboxylic acids is 1. The lowest BCUT2D eigenvalue weighted by Gasteiger charge is -2.30. The lowest BCUT2D eigenvalue weighted by Crippen LogP contribution is -2.45. The average Bonchev–Trinajstić information content (AvgIpc) is 2.70. The van der Waals surface area contributed by atoms with Crippen LogP contribution in [0, 0.1) is 5.41 Å². The SMILES string of the molecule is CC(C)(C)OC(=O)N1CC[C@@]2(C(=O)O)CCC[C@@H]12. The van der Waals surface area contributed by atoms with E-state index in [2.05, 4.69) is 0 Å². The number of carbonyl (C=O) groups is 2. The summed E-state index contributed by atoms with van der Waals surface area (Å²) in [5.74, 6) is -0.768. The summed E-state index contributed by atoms with van der Waals surface area (Å²) in [6.07, 6.45) is 2.48. The Balaban J connectivity index is 2.14. The van der Waals surface area contributed by atoms with Gasteiger partial charge in [-0.3, -0.25) is 4.79 Å². The van der Waals surface area contributed by atoms with E-state index in [4.69, 9.17) is 4.74 Å². The van der Waals surface area contributed by atoms with Crippen molar-refractivity contribution in [1.82, 2.24) is 4.90 Å². The van der Waals surface area contributed by atoms with E-state index in [1.165, 1.54) is 0 Å². The first-order valence-corrected chi connectivity index (χ1v) is 6.49. The highest BCUT2D eigenvalue weighted by Crippen LogP contribution is 2.49. The van der Waals surface area contributed by atoms with Crippen molar-refractivity contribution in [2.45, 2.75) is 58.1 Å². The summed E-state index contributed by atoms with van der Waals surface area (Å²) in [5.41, 5.74) is -1.26. The molecule has 5 nitrogen and oxygen atoms in total. The van der Waals surface area contributed by atoms with Crippen molar-refractivity contribution in [2.75, 3.05) is 6.54 Å². The van der Waals surface area contributed by atoms with Gasteiger partial charge in [0.25, 0.3) is 0 Å². The maximum atomic E-state index is 12.1. The zero-order valence-electron chi connectivity index (χ0n) is 11.2. The molecule has 0 radical (unpaired) electrons. The first-order valence-electron chi connectivity index (χ1n) is 6.49. The smallest absolute Gasteiger partial charge is 0.410 e. The third kappa shape index (κ3) is 2.06. The molecule has 102 valence electrons. The molecule has 2 fully saturated rings. The van der Waals surface area contributed by atoms with E-state index < -0.39 is 17.0 Å². The van der Waals surface area contributed by atoms with Crippen molar-refractivity contribution in [3.8, 4) is 0 Å². The third-order valence-corrected chi connectivity index (χ3v) is 3.97. The minimum absolute atomic E-state index is 0.190.